The maximum atomic E-state index is 11.8. The van der Waals surface area contributed by atoms with Gasteiger partial charge in [-0.3, -0.25) is 0 Å². The summed E-state index contributed by atoms with van der Waals surface area (Å²) in [5, 5.41) is 8.89. The molecule has 2 aliphatic heterocycles. The lowest BCUT2D eigenvalue weighted by molar-refractivity contribution is 0.0490. The molecule has 0 N–H and O–H groups in total. The molecule has 0 amide bonds. The first kappa shape index (κ1) is 16.1. The molecule has 1 unspecified atom stereocenters. The maximum Gasteiger partial charge on any atom is 0.376 e. The van der Waals surface area contributed by atoms with Crippen LogP contribution in [-0.2, 0) is 17.7 Å². The van der Waals surface area contributed by atoms with Crippen molar-refractivity contribution in [2.45, 2.75) is 58.0 Å². The molecule has 1 atom stereocenters. The van der Waals surface area contributed by atoms with E-state index in [9.17, 15) is 4.79 Å². The van der Waals surface area contributed by atoms with Gasteiger partial charge in [0.1, 0.15) is 5.82 Å². The largest absolute Gasteiger partial charge is 0.460 e. The summed E-state index contributed by atoms with van der Waals surface area (Å²) in [4.78, 5) is 18.2. The van der Waals surface area contributed by atoms with Crippen LogP contribution in [0.1, 0.15) is 67.3 Å². The molecule has 0 saturated carbocycles. The lowest BCUT2D eigenvalue weighted by atomic mass is 10.2. The van der Waals surface area contributed by atoms with E-state index in [4.69, 9.17) is 9.15 Å². The number of anilines is 1. The van der Waals surface area contributed by atoms with Gasteiger partial charge < -0.3 is 18.6 Å². The number of ether oxygens (including phenoxy) is 1. The molecule has 0 spiro atoms. The average molecular weight is 345 g/mol. The Morgan fingerprint density at radius 3 is 3.08 bits per heavy atom. The van der Waals surface area contributed by atoms with Crippen LogP contribution in [0, 0.1) is 0 Å². The lowest BCUT2D eigenvalue weighted by Gasteiger charge is -2.22. The molecule has 1 saturated heterocycles. The number of carbonyl (C=O) groups is 1. The van der Waals surface area contributed by atoms with E-state index in [1.54, 1.807) is 6.92 Å². The van der Waals surface area contributed by atoms with Crippen LogP contribution in [0.5, 0.6) is 0 Å². The van der Waals surface area contributed by atoms with Gasteiger partial charge >= 0.3 is 5.97 Å². The van der Waals surface area contributed by atoms with Gasteiger partial charge in [0.2, 0.25) is 5.76 Å². The van der Waals surface area contributed by atoms with Gasteiger partial charge in [0.05, 0.1) is 18.8 Å². The molecule has 2 aromatic rings. The molecule has 2 aromatic heterocycles. The summed E-state index contributed by atoms with van der Waals surface area (Å²) in [5.74, 6) is 1.74. The first-order chi connectivity index (χ1) is 12.3. The van der Waals surface area contributed by atoms with Crippen LogP contribution in [0.4, 0.5) is 6.01 Å². The van der Waals surface area contributed by atoms with E-state index in [0.717, 1.165) is 50.4 Å². The summed E-state index contributed by atoms with van der Waals surface area (Å²) < 4.78 is 12.9. The Balaban J connectivity index is 1.59. The second-order valence-corrected chi connectivity index (χ2v) is 6.52. The highest BCUT2D eigenvalue weighted by Crippen LogP contribution is 2.36. The molecular formula is C17H23N5O3. The number of carbonyl (C=O) groups excluding carboxylic acids is 1. The molecule has 2 aliphatic rings. The second kappa shape index (κ2) is 6.85. The molecule has 25 heavy (non-hydrogen) atoms. The number of fused-ring (bicyclic) bond motifs is 1. The predicted molar refractivity (Wildman–Crippen MR) is 89.4 cm³/mol. The zero-order chi connectivity index (χ0) is 17.2. The Hall–Kier alpha value is -2.38. The fourth-order valence-electron chi connectivity index (χ4n) is 3.71. The third kappa shape index (κ3) is 3.01. The topological polar surface area (TPSA) is 86.3 Å². The molecule has 8 heteroatoms. The molecular weight excluding hydrogens is 322 g/mol. The number of nitrogens with zero attached hydrogens (tertiary/aromatic N) is 5. The molecule has 1 fully saturated rings. The molecule has 0 radical (unpaired) electrons. The molecule has 4 heterocycles. The Kier molecular flexibility index (Phi) is 4.42. The van der Waals surface area contributed by atoms with Crippen LogP contribution in [-0.4, -0.2) is 38.9 Å². The molecule has 4 rings (SSSR count). The van der Waals surface area contributed by atoms with Crippen LogP contribution in [0.25, 0.3) is 0 Å². The number of hydrogen-bond acceptors (Lipinski definition) is 7. The van der Waals surface area contributed by atoms with Gasteiger partial charge in [-0.15, -0.1) is 10.2 Å². The Bertz CT molecular complexity index is 753. The minimum Gasteiger partial charge on any atom is -0.460 e. The van der Waals surface area contributed by atoms with Crippen molar-refractivity contribution in [1.82, 2.24) is 19.7 Å². The third-order valence-electron chi connectivity index (χ3n) is 4.90. The minimum atomic E-state index is -0.478. The Morgan fingerprint density at radius 2 is 2.20 bits per heavy atom. The van der Waals surface area contributed by atoms with Crippen LogP contribution in [0.2, 0.25) is 0 Å². The highest BCUT2D eigenvalue weighted by Gasteiger charge is 2.34. The van der Waals surface area contributed by atoms with E-state index in [2.05, 4.69) is 24.6 Å². The van der Waals surface area contributed by atoms with Crippen molar-refractivity contribution in [2.24, 2.45) is 0 Å². The number of aryl methyl sites for hydroxylation is 1. The Morgan fingerprint density at radius 1 is 1.28 bits per heavy atom. The van der Waals surface area contributed by atoms with Crippen molar-refractivity contribution >= 4 is 12.0 Å². The van der Waals surface area contributed by atoms with E-state index in [1.165, 1.54) is 19.0 Å². The number of esters is 1. The quantitative estimate of drug-likeness (QED) is 0.787. The van der Waals surface area contributed by atoms with Crippen molar-refractivity contribution in [1.29, 1.82) is 0 Å². The number of hydrogen-bond donors (Lipinski definition) is 0. The first-order valence-corrected chi connectivity index (χ1v) is 9.09. The summed E-state index contributed by atoms with van der Waals surface area (Å²) in [7, 11) is 0. The zero-order valence-corrected chi connectivity index (χ0v) is 14.5. The number of rotatable bonds is 4. The predicted octanol–water partition coefficient (Wildman–Crippen LogP) is 2.51. The van der Waals surface area contributed by atoms with E-state index < -0.39 is 5.97 Å². The van der Waals surface area contributed by atoms with Crippen molar-refractivity contribution in [3.05, 3.63) is 23.6 Å². The van der Waals surface area contributed by atoms with Gasteiger partial charge in [-0.1, -0.05) is 6.42 Å². The Labute approximate surface area is 146 Å². The van der Waals surface area contributed by atoms with Gasteiger partial charge in [-0.25, -0.2) is 9.78 Å². The second-order valence-electron chi connectivity index (χ2n) is 6.52. The van der Waals surface area contributed by atoms with Crippen LogP contribution in [0.15, 0.2) is 10.6 Å². The standard InChI is InChI=1S/C17H23N5O3/c1-2-24-16(23)13-11-18-17(25-13)21-10-6-7-12(21)15-20-19-14-8-4-3-5-9-22(14)15/h11-12H,2-10H2,1H3. The van der Waals surface area contributed by atoms with Crippen LogP contribution < -0.4 is 4.90 Å². The zero-order valence-electron chi connectivity index (χ0n) is 14.5. The van der Waals surface area contributed by atoms with Gasteiger partial charge in [0.25, 0.3) is 6.01 Å². The van der Waals surface area contributed by atoms with E-state index in [1.807, 2.05) is 0 Å². The summed E-state index contributed by atoms with van der Waals surface area (Å²) in [5.41, 5.74) is 0. The summed E-state index contributed by atoms with van der Waals surface area (Å²) >= 11 is 0. The molecule has 134 valence electrons. The molecule has 8 nitrogen and oxygen atoms in total. The van der Waals surface area contributed by atoms with E-state index in [0.29, 0.717) is 12.6 Å². The number of oxazole rings is 1. The van der Waals surface area contributed by atoms with Crippen molar-refractivity contribution in [2.75, 3.05) is 18.1 Å². The fourth-order valence-corrected chi connectivity index (χ4v) is 3.71. The highest BCUT2D eigenvalue weighted by atomic mass is 16.5. The van der Waals surface area contributed by atoms with E-state index in [-0.39, 0.29) is 11.8 Å². The smallest absolute Gasteiger partial charge is 0.376 e. The van der Waals surface area contributed by atoms with Crippen LogP contribution in [0.3, 0.4) is 0 Å². The number of aromatic nitrogens is 4. The van der Waals surface area contributed by atoms with Gasteiger partial charge in [-0.05, 0) is 32.6 Å². The van der Waals surface area contributed by atoms with Crippen molar-refractivity contribution in [3.8, 4) is 0 Å². The summed E-state index contributed by atoms with van der Waals surface area (Å²) in [6.07, 6.45) is 8.02. The van der Waals surface area contributed by atoms with Gasteiger partial charge in [0, 0.05) is 19.5 Å². The van der Waals surface area contributed by atoms with Gasteiger partial charge in [-0.2, -0.15) is 0 Å². The van der Waals surface area contributed by atoms with Crippen LogP contribution >= 0.6 is 0 Å². The minimum absolute atomic E-state index is 0.0908. The van der Waals surface area contributed by atoms with Gasteiger partial charge in [0.15, 0.2) is 5.82 Å². The van der Waals surface area contributed by atoms with Crippen molar-refractivity contribution < 1.29 is 13.9 Å². The maximum absolute atomic E-state index is 11.8. The molecule has 0 aliphatic carbocycles. The van der Waals surface area contributed by atoms with Crippen molar-refractivity contribution in [3.63, 3.8) is 0 Å². The highest BCUT2D eigenvalue weighted by molar-refractivity contribution is 5.86. The third-order valence-corrected chi connectivity index (χ3v) is 4.90. The summed E-state index contributed by atoms with van der Waals surface area (Å²) in [6, 6.07) is 0.546. The average Bonchev–Trinajstić information content (AvgIpc) is 3.31. The fraction of sp³-hybridized carbons (Fsp3) is 0.647. The normalized spacial score (nSPS) is 20.4. The summed E-state index contributed by atoms with van der Waals surface area (Å²) in [6.45, 7) is 3.88. The molecule has 0 bridgehead atoms. The van der Waals surface area contributed by atoms with E-state index >= 15 is 0 Å². The monoisotopic (exact) mass is 345 g/mol. The molecule has 0 aromatic carbocycles. The lowest BCUT2D eigenvalue weighted by Crippen LogP contribution is -2.26. The SMILES string of the molecule is CCOC(=O)c1cnc(N2CCCC2c2nnc3n2CCCCC3)o1. The first-order valence-electron chi connectivity index (χ1n) is 9.09.